The molecule has 1 aliphatic rings. The van der Waals surface area contributed by atoms with Crippen molar-refractivity contribution in [3.05, 3.63) is 42.0 Å². The lowest BCUT2D eigenvalue weighted by Gasteiger charge is -2.39. The molecule has 0 radical (unpaired) electrons. The van der Waals surface area contributed by atoms with E-state index in [1.165, 1.54) is 6.33 Å². The van der Waals surface area contributed by atoms with Crippen molar-refractivity contribution in [1.82, 2.24) is 19.7 Å². The highest BCUT2D eigenvalue weighted by Crippen LogP contribution is 2.26. The minimum Gasteiger partial charge on any atom is -0.486 e. The first-order valence-electron chi connectivity index (χ1n) is 7.46. The Morgan fingerprint density at radius 3 is 2.68 bits per heavy atom. The van der Waals surface area contributed by atoms with Crippen LogP contribution in [0.1, 0.15) is 17.5 Å². The molecule has 1 saturated heterocycles. The molecule has 0 aliphatic carbocycles. The summed E-state index contributed by atoms with van der Waals surface area (Å²) in [4.78, 5) is 17.8. The van der Waals surface area contributed by atoms with Gasteiger partial charge >= 0.3 is 0 Å². The normalized spacial score (nSPS) is 14.7. The fourth-order valence-electron chi connectivity index (χ4n) is 2.58. The van der Waals surface area contributed by atoms with Crippen molar-refractivity contribution in [3.63, 3.8) is 0 Å². The average molecular weight is 300 g/mol. The molecule has 0 atom stereocenters. The van der Waals surface area contributed by atoms with Crippen LogP contribution in [0.4, 0.5) is 0 Å². The Labute approximate surface area is 129 Å². The summed E-state index contributed by atoms with van der Waals surface area (Å²) < 4.78 is 7.69. The monoisotopic (exact) mass is 300 g/mol. The Balaban J connectivity index is 1.46. The molecule has 0 saturated carbocycles. The topological polar surface area (TPSA) is 60.2 Å². The van der Waals surface area contributed by atoms with E-state index in [-0.39, 0.29) is 12.0 Å². The van der Waals surface area contributed by atoms with Gasteiger partial charge in [-0.05, 0) is 25.0 Å². The fourth-order valence-corrected chi connectivity index (χ4v) is 2.58. The molecule has 6 nitrogen and oxygen atoms in total. The molecule has 3 rings (SSSR count). The van der Waals surface area contributed by atoms with E-state index >= 15 is 0 Å². The van der Waals surface area contributed by atoms with Crippen LogP contribution in [-0.2, 0) is 11.3 Å². The molecule has 1 fully saturated rings. The fraction of sp³-hybridized carbons (Fsp3) is 0.438. The summed E-state index contributed by atoms with van der Waals surface area (Å²) in [7, 11) is 0. The SMILES string of the molecule is Cc1cccc(C)c1OC1CN(C(=O)CCn2cncn2)C1. The summed E-state index contributed by atoms with van der Waals surface area (Å²) >= 11 is 0. The van der Waals surface area contributed by atoms with E-state index in [9.17, 15) is 4.79 Å². The number of para-hydroxylation sites is 1. The van der Waals surface area contributed by atoms with Crippen LogP contribution in [-0.4, -0.2) is 44.8 Å². The number of carbonyl (C=O) groups excluding carboxylic acids is 1. The van der Waals surface area contributed by atoms with E-state index in [2.05, 4.69) is 10.1 Å². The quantitative estimate of drug-likeness (QED) is 0.841. The van der Waals surface area contributed by atoms with Crippen molar-refractivity contribution in [3.8, 4) is 5.75 Å². The number of hydrogen-bond donors (Lipinski definition) is 0. The lowest BCUT2D eigenvalue weighted by molar-refractivity contribution is -0.140. The summed E-state index contributed by atoms with van der Waals surface area (Å²) in [6, 6.07) is 6.11. The average Bonchev–Trinajstić information content (AvgIpc) is 2.95. The number of aromatic nitrogens is 3. The highest BCUT2D eigenvalue weighted by molar-refractivity contribution is 5.77. The maximum absolute atomic E-state index is 12.1. The van der Waals surface area contributed by atoms with E-state index in [0.29, 0.717) is 26.1 Å². The molecule has 1 amide bonds. The number of benzene rings is 1. The van der Waals surface area contributed by atoms with Gasteiger partial charge in [0.05, 0.1) is 19.6 Å². The standard InChI is InChI=1S/C16H20N4O2/c1-12-4-3-5-13(2)16(12)22-14-8-19(9-14)15(21)6-7-20-11-17-10-18-20/h3-5,10-11,14H,6-9H2,1-2H3. The van der Waals surface area contributed by atoms with Gasteiger partial charge in [0.1, 0.15) is 24.5 Å². The Morgan fingerprint density at radius 1 is 1.32 bits per heavy atom. The molecule has 1 aromatic carbocycles. The number of hydrogen-bond acceptors (Lipinski definition) is 4. The molecule has 0 unspecified atom stereocenters. The molecule has 1 aromatic heterocycles. The summed E-state index contributed by atoms with van der Waals surface area (Å²) in [5.74, 6) is 1.08. The predicted molar refractivity (Wildman–Crippen MR) is 81.6 cm³/mol. The van der Waals surface area contributed by atoms with Crippen molar-refractivity contribution < 1.29 is 9.53 Å². The highest BCUT2D eigenvalue weighted by Gasteiger charge is 2.32. The van der Waals surface area contributed by atoms with E-state index < -0.39 is 0 Å². The van der Waals surface area contributed by atoms with Crippen molar-refractivity contribution in [2.45, 2.75) is 32.9 Å². The van der Waals surface area contributed by atoms with Crippen LogP contribution >= 0.6 is 0 Å². The number of likely N-dealkylation sites (tertiary alicyclic amines) is 1. The van der Waals surface area contributed by atoms with Crippen LogP contribution in [0, 0.1) is 13.8 Å². The van der Waals surface area contributed by atoms with Crippen molar-refractivity contribution in [1.29, 1.82) is 0 Å². The van der Waals surface area contributed by atoms with Crippen molar-refractivity contribution in [2.75, 3.05) is 13.1 Å². The van der Waals surface area contributed by atoms with Gasteiger partial charge in [-0.25, -0.2) is 4.98 Å². The van der Waals surface area contributed by atoms with E-state index in [1.807, 2.05) is 36.9 Å². The molecule has 116 valence electrons. The molecule has 2 heterocycles. The maximum atomic E-state index is 12.1. The van der Waals surface area contributed by atoms with E-state index in [4.69, 9.17) is 4.74 Å². The molecule has 2 aromatic rings. The van der Waals surface area contributed by atoms with Crippen LogP contribution in [0.5, 0.6) is 5.75 Å². The predicted octanol–water partition coefficient (Wildman–Crippen LogP) is 1.57. The summed E-state index contributed by atoms with van der Waals surface area (Å²) in [5, 5.41) is 3.99. The van der Waals surface area contributed by atoms with Crippen LogP contribution in [0.25, 0.3) is 0 Å². The minimum absolute atomic E-state index is 0.0927. The second-order valence-electron chi connectivity index (χ2n) is 5.67. The van der Waals surface area contributed by atoms with Gasteiger partial charge in [0.15, 0.2) is 0 Å². The zero-order valence-electron chi connectivity index (χ0n) is 12.9. The highest BCUT2D eigenvalue weighted by atomic mass is 16.5. The zero-order chi connectivity index (χ0) is 15.5. The van der Waals surface area contributed by atoms with Gasteiger partial charge in [-0.15, -0.1) is 0 Å². The van der Waals surface area contributed by atoms with Crippen LogP contribution in [0.15, 0.2) is 30.9 Å². The van der Waals surface area contributed by atoms with Gasteiger partial charge in [0.2, 0.25) is 5.91 Å². The number of ether oxygens (including phenoxy) is 1. The lowest BCUT2D eigenvalue weighted by Crippen LogP contribution is -2.56. The van der Waals surface area contributed by atoms with E-state index in [0.717, 1.165) is 16.9 Å². The molecule has 22 heavy (non-hydrogen) atoms. The third-order valence-electron chi connectivity index (χ3n) is 3.92. The maximum Gasteiger partial charge on any atom is 0.224 e. The Hall–Kier alpha value is -2.37. The molecular formula is C16H20N4O2. The Morgan fingerprint density at radius 2 is 2.05 bits per heavy atom. The van der Waals surface area contributed by atoms with Crippen molar-refractivity contribution in [2.24, 2.45) is 0 Å². The van der Waals surface area contributed by atoms with Crippen LogP contribution in [0.3, 0.4) is 0 Å². The van der Waals surface area contributed by atoms with Gasteiger partial charge in [0.25, 0.3) is 0 Å². The third kappa shape index (κ3) is 3.10. The minimum atomic E-state index is 0.0927. The second kappa shape index (κ2) is 6.17. The smallest absolute Gasteiger partial charge is 0.224 e. The number of nitrogens with zero attached hydrogens (tertiary/aromatic N) is 4. The first-order valence-corrected chi connectivity index (χ1v) is 7.46. The van der Waals surface area contributed by atoms with Crippen molar-refractivity contribution >= 4 is 5.91 Å². The second-order valence-corrected chi connectivity index (χ2v) is 5.67. The van der Waals surface area contributed by atoms with Gasteiger partial charge in [-0.1, -0.05) is 18.2 Å². The van der Waals surface area contributed by atoms with E-state index in [1.54, 1.807) is 11.0 Å². The third-order valence-corrected chi connectivity index (χ3v) is 3.92. The summed E-state index contributed by atoms with van der Waals surface area (Å²) in [6.45, 7) is 5.97. The van der Waals surface area contributed by atoms with Crippen LogP contribution in [0.2, 0.25) is 0 Å². The molecule has 0 bridgehead atoms. The summed E-state index contributed by atoms with van der Waals surface area (Å²) in [6.07, 6.45) is 3.63. The first-order chi connectivity index (χ1) is 10.6. The number of rotatable bonds is 5. The van der Waals surface area contributed by atoms with Gasteiger partial charge < -0.3 is 9.64 Å². The molecule has 0 N–H and O–H groups in total. The molecular weight excluding hydrogens is 280 g/mol. The van der Waals surface area contributed by atoms with Gasteiger partial charge in [-0.2, -0.15) is 5.10 Å². The Bertz CT molecular complexity index is 628. The molecule has 6 heteroatoms. The zero-order valence-corrected chi connectivity index (χ0v) is 12.9. The van der Waals surface area contributed by atoms with Crippen LogP contribution < -0.4 is 4.74 Å². The van der Waals surface area contributed by atoms with Gasteiger partial charge in [0, 0.05) is 6.42 Å². The molecule has 1 aliphatic heterocycles. The first kappa shape index (κ1) is 14.6. The lowest BCUT2D eigenvalue weighted by atomic mass is 10.1. The number of amides is 1. The Kier molecular flexibility index (Phi) is 4.09. The number of aryl methyl sites for hydroxylation is 3. The number of carbonyl (C=O) groups is 1. The van der Waals surface area contributed by atoms with Gasteiger partial charge in [-0.3, -0.25) is 9.48 Å². The molecule has 0 spiro atoms. The largest absolute Gasteiger partial charge is 0.486 e. The summed E-state index contributed by atoms with van der Waals surface area (Å²) in [5.41, 5.74) is 2.27.